The van der Waals surface area contributed by atoms with Crippen LogP contribution in [0.4, 0.5) is 17.1 Å². The number of nitro benzene ring substituents is 2. The first-order valence-corrected chi connectivity index (χ1v) is 8.49. The van der Waals surface area contributed by atoms with Crippen LogP contribution in [0.3, 0.4) is 0 Å². The number of carbonyl (C=O) groups is 1. The Hall–Kier alpha value is -3.66. The van der Waals surface area contributed by atoms with E-state index in [1.165, 1.54) is 18.3 Å². The monoisotopic (exact) mass is 384 g/mol. The second-order valence-corrected chi connectivity index (χ2v) is 6.41. The number of rotatable bonds is 5. The summed E-state index contributed by atoms with van der Waals surface area (Å²) in [5, 5.41) is 27.4. The Bertz CT molecular complexity index is 1030. The van der Waals surface area contributed by atoms with Crippen molar-refractivity contribution in [3.05, 3.63) is 79.3 Å². The van der Waals surface area contributed by atoms with E-state index in [0.29, 0.717) is 5.69 Å². The van der Waals surface area contributed by atoms with Crippen LogP contribution in [0.15, 0.2) is 48.0 Å². The largest absolute Gasteiger partial charge is 0.322 e. The number of hydrogen-bond acceptors (Lipinski definition) is 7. The summed E-state index contributed by atoms with van der Waals surface area (Å²) in [5.74, 6) is -0.665. The molecule has 0 aliphatic carbocycles. The van der Waals surface area contributed by atoms with Crippen LogP contribution in [0.2, 0.25) is 0 Å². The molecule has 0 saturated heterocycles. The molecular weight excluding hydrogens is 372 g/mol. The number of carbonyl (C=O) groups excluding carboxylic acids is 1. The van der Waals surface area contributed by atoms with Gasteiger partial charge in [0, 0.05) is 34.5 Å². The summed E-state index contributed by atoms with van der Waals surface area (Å²) in [4.78, 5) is 37.3. The van der Waals surface area contributed by atoms with Gasteiger partial charge in [0.25, 0.3) is 17.3 Å². The zero-order chi connectivity index (χ0) is 19.6. The van der Waals surface area contributed by atoms with E-state index in [1.807, 2.05) is 5.38 Å². The third-order valence-corrected chi connectivity index (χ3v) is 4.66. The van der Waals surface area contributed by atoms with E-state index in [4.69, 9.17) is 0 Å². The number of anilines is 1. The van der Waals surface area contributed by atoms with Gasteiger partial charge in [-0.2, -0.15) is 0 Å². The summed E-state index contributed by atoms with van der Waals surface area (Å²) < 4.78 is 0. The van der Waals surface area contributed by atoms with E-state index >= 15 is 0 Å². The highest BCUT2D eigenvalue weighted by Crippen LogP contribution is 2.29. The molecule has 9 nitrogen and oxygen atoms in total. The van der Waals surface area contributed by atoms with Crippen LogP contribution in [-0.4, -0.2) is 20.7 Å². The van der Waals surface area contributed by atoms with Crippen molar-refractivity contribution >= 4 is 34.3 Å². The molecule has 2 aromatic carbocycles. The normalized spacial score (nSPS) is 10.4. The predicted molar refractivity (Wildman–Crippen MR) is 100.0 cm³/mol. The highest BCUT2D eigenvalue weighted by Gasteiger charge is 2.24. The van der Waals surface area contributed by atoms with Crippen LogP contribution in [0.1, 0.15) is 15.9 Å². The van der Waals surface area contributed by atoms with E-state index in [0.717, 1.165) is 22.7 Å². The topological polar surface area (TPSA) is 128 Å². The molecule has 3 aromatic rings. The van der Waals surface area contributed by atoms with Crippen LogP contribution < -0.4 is 5.32 Å². The summed E-state index contributed by atoms with van der Waals surface area (Å²) in [6, 6.07) is 8.75. The maximum atomic E-state index is 12.5. The minimum absolute atomic E-state index is 0.0579. The second kappa shape index (κ2) is 7.30. The molecule has 136 valence electrons. The predicted octanol–water partition coefficient (Wildman–Crippen LogP) is 4.19. The average molecular weight is 384 g/mol. The van der Waals surface area contributed by atoms with Crippen LogP contribution in [-0.2, 0) is 0 Å². The molecular formula is C17H12N4O5S. The molecule has 0 saturated carbocycles. The van der Waals surface area contributed by atoms with Gasteiger partial charge in [-0.3, -0.25) is 25.0 Å². The Morgan fingerprint density at radius 2 is 1.81 bits per heavy atom. The van der Waals surface area contributed by atoms with Gasteiger partial charge in [-0.25, -0.2) is 4.98 Å². The molecule has 0 fully saturated rings. The number of benzene rings is 2. The summed E-state index contributed by atoms with van der Waals surface area (Å²) in [6.45, 7) is 1.38. The zero-order valence-corrected chi connectivity index (χ0v) is 14.7. The molecule has 0 unspecified atom stereocenters. The number of nitrogens with zero attached hydrogens (tertiary/aromatic N) is 3. The number of nitrogens with one attached hydrogen (secondary N) is 1. The number of hydrogen-bond donors (Lipinski definition) is 1. The van der Waals surface area contributed by atoms with Gasteiger partial charge in [-0.05, 0) is 31.2 Å². The first kappa shape index (κ1) is 18.1. The third-order valence-electron chi connectivity index (χ3n) is 3.84. The Balaban J connectivity index is 1.89. The quantitative estimate of drug-likeness (QED) is 0.519. The smallest absolute Gasteiger partial charge is 0.279 e. The third kappa shape index (κ3) is 3.80. The lowest BCUT2D eigenvalue weighted by Gasteiger charge is -2.09. The van der Waals surface area contributed by atoms with E-state index in [1.54, 1.807) is 30.5 Å². The van der Waals surface area contributed by atoms with E-state index in [2.05, 4.69) is 10.3 Å². The Morgan fingerprint density at radius 3 is 2.37 bits per heavy atom. The highest BCUT2D eigenvalue weighted by atomic mass is 32.1. The standard InChI is InChI=1S/C17H12N4O5S/c1-10-14(8-13(20(23)24)9-15(10)21(25)26)16(22)19-12-4-2-11(3-5-12)17-18-6-7-27-17/h2-9H,1H3,(H,19,22). The summed E-state index contributed by atoms with van der Waals surface area (Å²) in [5.41, 5.74) is 0.270. The van der Waals surface area contributed by atoms with Crippen molar-refractivity contribution in [2.45, 2.75) is 6.92 Å². The van der Waals surface area contributed by atoms with Crippen molar-refractivity contribution in [1.82, 2.24) is 4.98 Å². The van der Waals surface area contributed by atoms with Crippen LogP contribution in [0.5, 0.6) is 0 Å². The van der Waals surface area contributed by atoms with E-state index in [9.17, 15) is 25.0 Å². The highest BCUT2D eigenvalue weighted by molar-refractivity contribution is 7.13. The van der Waals surface area contributed by atoms with Gasteiger partial charge in [0.05, 0.1) is 21.5 Å². The zero-order valence-electron chi connectivity index (χ0n) is 13.9. The molecule has 1 amide bonds. The van der Waals surface area contributed by atoms with Crippen molar-refractivity contribution in [3.8, 4) is 10.6 Å². The molecule has 0 aliphatic heterocycles. The molecule has 0 bridgehead atoms. The number of thiazole rings is 1. The molecule has 0 aliphatic rings. The van der Waals surface area contributed by atoms with Crippen molar-refractivity contribution in [2.75, 3.05) is 5.32 Å². The van der Waals surface area contributed by atoms with Gasteiger partial charge >= 0.3 is 0 Å². The fourth-order valence-corrected chi connectivity index (χ4v) is 3.12. The molecule has 0 atom stereocenters. The van der Waals surface area contributed by atoms with E-state index < -0.39 is 27.1 Å². The maximum absolute atomic E-state index is 12.5. The van der Waals surface area contributed by atoms with Crippen molar-refractivity contribution in [3.63, 3.8) is 0 Å². The Kier molecular flexibility index (Phi) is 4.90. The molecule has 1 N–H and O–H groups in total. The number of non-ortho nitro benzene ring substituents is 1. The maximum Gasteiger partial charge on any atom is 0.279 e. The van der Waals surface area contributed by atoms with Gasteiger partial charge in [-0.1, -0.05) is 0 Å². The number of aromatic nitrogens is 1. The number of nitro groups is 2. The Morgan fingerprint density at radius 1 is 1.11 bits per heavy atom. The number of amides is 1. The van der Waals surface area contributed by atoms with Crippen molar-refractivity contribution < 1.29 is 14.6 Å². The summed E-state index contributed by atoms with van der Waals surface area (Å²) in [7, 11) is 0. The molecule has 1 aromatic heterocycles. The molecule has 3 rings (SSSR count). The molecule has 0 radical (unpaired) electrons. The fourth-order valence-electron chi connectivity index (χ4n) is 2.48. The lowest BCUT2D eigenvalue weighted by Crippen LogP contribution is -2.14. The van der Waals surface area contributed by atoms with E-state index in [-0.39, 0.29) is 11.1 Å². The average Bonchev–Trinajstić information content (AvgIpc) is 3.16. The lowest BCUT2D eigenvalue weighted by molar-refractivity contribution is -0.394. The molecule has 0 spiro atoms. The molecule has 10 heteroatoms. The first-order valence-electron chi connectivity index (χ1n) is 7.61. The minimum atomic E-state index is -0.772. The van der Waals surface area contributed by atoms with Crippen LogP contribution >= 0.6 is 11.3 Å². The molecule has 27 heavy (non-hydrogen) atoms. The molecule has 1 heterocycles. The van der Waals surface area contributed by atoms with Crippen LogP contribution in [0, 0.1) is 27.2 Å². The Labute approximate surface area is 156 Å². The SMILES string of the molecule is Cc1c(C(=O)Nc2ccc(-c3nccs3)cc2)cc([N+](=O)[O-])cc1[N+](=O)[O-]. The van der Waals surface area contributed by atoms with Gasteiger partial charge < -0.3 is 5.32 Å². The first-order chi connectivity index (χ1) is 12.9. The summed E-state index contributed by atoms with van der Waals surface area (Å²) in [6.07, 6.45) is 1.69. The van der Waals surface area contributed by atoms with Gasteiger partial charge in [-0.15, -0.1) is 11.3 Å². The fraction of sp³-hybridized carbons (Fsp3) is 0.0588. The van der Waals surface area contributed by atoms with Gasteiger partial charge in [0.2, 0.25) is 0 Å². The van der Waals surface area contributed by atoms with Crippen molar-refractivity contribution in [1.29, 1.82) is 0 Å². The van der Waals surface area contributed by atoms with Crippen molar-refractivity contribution in [2.24, 2.45) is 0 Å². The second-order valence-electron chi connectivity index (χ2n) is 5.52. The minimum Gasteiger partial charge on any atom is -0.322 e. The van der Waals surface area contributed by atoms with Crippen LogP contribution in [0.25, 0.3) is 10.6 Å². The lowest BCUT2D eigenvalue weighted by atomic mass is 10.0. The van der Waals surface area contributed by atoms with Gasteiger partial charge in [0.15, 0.2) is 0 Å². The van der Waals surface area contributed by atoms with Gasteiger partial charge in [0.1, 0.15) is 5.01 Å². The summed E-state index contributed by atoms with van der Waals surface area (Å²) >= 11 is 1.48.